The Balaban J connectivity index is 1.28. The first-order chi connectivity index (χ1) is 14.1. The highest BCUT2D eigenvalue weighted by molar-refractivity contribution is 5.95. The summed E-state index contributed by atoms with van der Waals surface area (Å²) in [5.74, 6) is 0.144. The van der Waals surface area contributed by atoms with Crippen LogP contribution in [0, 0.1) is 0 Å². The molecule has 158 valence electrons. The number of anilines is 1. The van der Waals surface area contributed by atoms with Crippen molar-refractivity contribution in [1.82, 2.24) is 16.0 Å². The highest BCUT2D eigenvalue weighted by Crippen LogP contribution is 2.21. The third-order valence-electron chi connectivity index (χ3n) is 5.62. The first-order valence-corrected chi connectivity index (χ1v) is 10.8. The predicted octanol–water partition coefficient (Wildman–Crippen LogP) is 2.84. The number of urea groups is 1. The summed E-state index contributed by atoms with van der Waals surface area (Å²) < 4.78 is 0. The summed E-state index contributed by atoms with van der Waals surface area (Å²) in [5.41, 5.74) is 1.92. The smallest absolute Gasteiger partial charge is 0.315 e. The molecule has 0 spiro atoms. The van der Waals surface area contributed by atoms with Crippen molar-refractivity contribution in [3.63, 3.8) is 0 Å². The van der Waals surface area contributed by atoms with Crippen LogP contribution in [0.4, 0.5) is 10.5 Å². The van der Waals surface area contributed by atoms with Crippen molar-refractivity contribution in [2.24, 2.45) is 0 Å². The van der Waals surface area contributed by atoms with Gasteiger partial charge in [0.05, 0.1) is 0 Å². The quantitative estimate of drug-likeness (QED) is 0.586. The number of hydrogen-bond donors (Lipinski definition) is 3. The number of carbonyl (C=O) groups excluding carboxylic acids is 3. The Labute approximate surface area is 172 Å². The van der Waals surface area contributed by atoms with E-state index in [1.807, 2.05) is 24.3 Å². The standard InChI is InChI=1S/C22H32N4O3/c27-20(8-4-14-23-22(29)25-18-6-2-1-3-7-18)24-16-17-10-12-19(13-11-17)26-15-5-9-21(26)28/h10-13,18H,1-9,14-16H2,(H,24,27)(H2,23,25,29). The highest BCUT2D eigenvalue weighted by Gasteiger charge is 2.21. The molecule has 4 amide bonds. The van der Waals surface area contributed by atoms with Crippen LogP contribution in [0.1, 0.15) is 63.4 Å². The lowest BCUT2D eigenvalue weighted by atomic mass is 9.96. The maximum atomic E-state index is 12.0. The fourth-order valence-electron chi connectivity index (χ4n) is 3.94. The normalized spacial score (nSPS) is 17.2. The van der Waals surface area contributed by atoms with E-state index in [1.54, 1.807) is 4.90 Å². The third kappa shape index (κ3) is 6.76. The number of hydrogen-bond acceptors (Lipinski definition) is 3. The minimum atomic E-state index is -0.131. The van der Waals surface area contributed by atoms with E-state index in [2.05, 4.69) is 16.0 Å². The first kappa shape index (κ1) is 21.1. The lowest BCUT2D eigenvalue weighted by molar-refractivity contribution is -0.121. The fourth-order valence-corrected chi connectivity index (χ4v) is 3.94. The van der Waals surface area contributed by atoms with Gasteiger partial charge in [0.15, 0.2) is 0 Å². The largest absolute Gasteiger partial charge is 0.352 e. The van der Waals surface area contributed by atoms with E-state index in [0.29, 0.717) is 38.4 Å². The molecular formula is C22H32N4O3. The monoisotopic (exact) mass is 400 g/mol. The van der Waals surface area contributed by atoms with E-state index in [4.69, 9.17) is 0 Å². The molecular weight excluding hydrogens is 368 g/mol. The Morgan fingerprint density at radius 3 is 2.45 bits per heavy atom. The average molecular weight is 401 g/mol. The van der Waals surface area contributed by atoms with E-state index < -0.39 is 0 Å². The number of nitrogens with one attached hydrogen (secondary N) is 3. The highest BCUT2D eigenvalue weighted by atomic mass is 16.2. The minimum Gasteiger partial charge on any atom is -0.352 e. The number of nitrogens with zero attached hydrogens (tertiary/aromatic N) is 1. The fraction of sp³-hybridized carbons (Fsp3) is 0.591. The zero-order valence-electron chi connectivity index (χ0n) is 17.0. The zero-order valence-corrected chi connectivity index (χ0v) is 17.0. The van der Waals surface area contributed by atoms with Gasteiger partial charge in [-0.2, -0.15) is 0 Å². The summed E-state index contributed by atoms with van der Waals surface area (Å²) in [6.07, 6.45) is 8.27. The second-order valence-corrected chi connectivity index (χ2v) is 7.93. The summed E-state index contributed by atoms with van der Waals surface area (Å²) in [6.45, 7) is 1.73. The van der Waals surface area contributed by atoms with Gasteiger partial charge in [0, 0.05) is 44.2 Å². The van der Waals surface area contributed by atoms with E-state index in [-0.39, 0.29) is 17.8 Å². The van der Waals surface area contributed by atoms with Crippen LogP contribution in [-0.4, -0.2) is 37.0 Å². The van der Waals surface area contributed by atoms with E-state index in [9.17, 15) is 14.4 Å². The van der Waals surface area contributed by atoms with Gasteiger partial charge in [0.2, 0.25) is 11.8 Å². The number of carbonyl (C=O) groups is 3. The molecule has 1 saturated carbocycles. The van der Waals surface area contributed by atoms with Gasteiger partial charge >= 0.3 is 6.03 Å². The summed E-state index contributed by atoms with van der Waals surface area (Å²) in [7, 11) is 0. The van der Waals surface area contributed by atoms with Gasteiger partial charge in [0.25, 0.3) is 0 Å². The molecule has 2 aliphatic rings. The molecule has 29 heavy (non-hydrogen) atoms. The Bertz CT molecular complexity index is 699. The van der Waals surface area contributed by atoms with E-state index in [1.165, 1.54) is 19.3 Å². The molecule has 3 N–H and O–H groups in total. The second kappa shape index (κ2) is 10.8. The lowest BCUT2D eigenvalue weighted by Gasteiger charge is -2.22. The topological polar surface area (TPSA) is 90.5 Å². The molecule has 0 unspecified atom stereocenters. The van der Waals surface area contributed by atoms with Crippen molar-refractivity contribution in [3.05, 3.63) is 29.8 Å². The Morgan fingerprint density at radius 1 is 1.00 bits per heavy atom. The van der Waals surface area contributed by atoms with Crippen molar-refractivity contribution >= 4 is 23.5 Å². The number of amides is 4. The molecule has 7 heteroatoms. The molecule has 1 aromatic carbocycles. The van der Waals surface area contributed by atoms with Crippen LogP contribution < -0.4 is 20.9 Å². The molecule has 0 aromatic heterocycles. The summed E-state index contributed by atoms with van der Waals surface area (Å²) >= 11 is 0. The summed E-state index contributed by atoms with van der Waals surface area (Å²) in [6, 6.07) is 7.91. The van der Waals surface area contributed by atoms with Crippen LogP contribution >= 0.6 is 0 Å². The van der Waals surface area contributed by atoms with Crippen LogP contribution in [0.25, 0.3) is 0 Å². The average Bonchev–Trinajstić information content (AvgIpc) is 3.17. The lowest BCUT2D eigenvalue weighted by Crippen LogP contribution is -2.43. The molecule has 1 saturated heterocycles. The minimum absolute atomic E-state index is 0.0294. The van der Waals surface area contributed by atoms with E-state index in [0.717, 1.165) is 37.1 Å². The Morgan fingerprint density at radius 2 is 1.76 bits per heavy atom. The molecule has 1 heterocycles. The maximum Gasteiger partial charge on any atom is 0.315 e. The van der Waals surface area contributed by atoms with Crippen LogP contribution in [0.5, 0.6) is 0 Å². The Hall–Kier alpha value is -2.57. The van der Waals surface area contributed by atoms with Crippen molar-refractivity contribution < 1.29 is 14.4 Å². The molecule has 0 atom stereocenters. The molecule has 1 aromatic rings. The van der Waals surface area contributed by atoms with Gasteiger partial charge in [-0.3, -0.25) is 9.59 Å². The van der Waals surface area contributed by atoms with Gasteiger partial charge < -0.3 is 20.9 Å². The van der Waals surface area contributed by atoms with E-state index >= 15 is 0 Å². The van der Waals surface area contributed by atoms with Gasteiger partial charge in [-0.1, -0.05) is 31.4 Å². The molecule has 0 bridgehead atoms. The second-order valence-electron chi connectivity index (χ2n) is 7.93. The summed E-state index contributed by atoms with van der Waals surface area (Å²) in [4.78, 5) is 37.5. The number of rotatable bonds is 8. The molecule has 2 fully saturated rings. The molecule has 1 aliphatic heterocycles. The predicted molar refractivity (Wildman–Crippen MR) is 113 cm³/mol. The SMILES string of the molecule is O=C(CCCNC(=O)NC1CCCCC1)NCc1ccc(N2CCCC2=O)cc1. The van der Waals surface area contributed by atoms with Gasteiger partial charge in [-0.25, -0.2) is 4.79 Å². The number of benzene rings is 1. The molecule has 7 nitrogen and oxygen atoms in total. The third-order valence-corrected chi connectivity index (χ3v) is 5.62. The van der Waals surface area contributed by atoms with Gasteiger partial charge in [-0.05, 0) is 43.4 Å². The van der Waals surface area contributed by atoms with Crippen molar-refractivity contribution in [1.29, 1.82) is 0 Å². The zero-order chi connectivity index (χ0) is 20.5. The van der Waals surface area contributed by atoms with Crippen LogP contribution in [0.3, 0.4) is 0 Å². The van der Waals surface area contributed by atoms with Crippen molar-refractivity contribution in [3.8, 4) is 0 Å². The molecule has 3 rings (SSSR count). The first-order valence-electron chi connectivity index (χ1n) is 10.8. The van der Waals surface area contributed by atoms with Gasteiger partial charge in [-0.15, -0.1) is 0 Å². The summed E-state index contributed by atoms with van der Waals surface area (Å²) in [5, 5.41) is 8.74. The van der Waals surface area contributed by atoms with Crippen LogP contribution in [-0.2, 0) is 16.1 Å². The van der Waals surface area contributed by atoms with Crippen LogP contribution in [0.15, 0.2) is 24.3 Å². The Kier molecular flexibility index (Phi) is 7.90. The maximum absolute atomic E-state index is 12.0. The molecule has 1 aliphatic carbocycles. The van der Waals surface area contributed by atoms with Crippen molar-refractivity contribution in [2.75, 3.05) is 18.0 Å². The molecule has 0 radical (unpaired) electrons. The van der Waals surface area contributed by atoms with Gasteiger partial charge in [0.1, 0.15) is 0 Å². The van der Waals surface area contributed by atoms with Crippen LogP contribution in [0.2, 0.25) is 0 Å². The van der Waals surface area contributed by atoms with Crippen molar-refractivity contribution in [2.45, 2.75) is 70.4 Å².